The van der Waals surface area contributed by atoms with Crippen molar-refractivity contribution in [3.8, 4) is 5.75 Å². The Bertz CT molecular complexity index is 395. The van der Waals surface area contributed by atoms with E-state index in [2.05, 4.69) is 29.3 Å². The van der Waals surface area contributed by atoms with Crippen LogP contribution in [-0.4, -0.2) is 50.9 Å². The number of hydrogen-bond donors (Lipinski definition) is 1. The second-order valence-corrected chi connectivity index (χ2v) is 5.29. The molecule has 0 radical (unpaired) electrons. The predicted octanol–water partition coefficient (Wildman–Crippen LogP) is 2.22. The van der Waals surface area contributed by atoms with E-state index in [9.17, 15) is 0 Å². The predicted molar refractivity (Wildman–Crippen MR) is 77.9 cm³/mol. The largest absolute Gasteiger partial charge is 0.492 e. The molecule has 4 heteroatoms. The van der Waals surface area contributed by atoms with Crippen LogP contribution >= 0.6 is 0 Å². The molecule has 1 aromatic carbocycles. The third-order valence-corrected chi connectivity index (χ3v) is 3.37. The molecular weight excluding hydrogens is 240 g/mol. The minimum Gasteiger partial charge on any atom is -0.492 e. The van der Waals surface area contributed by atoms with Crippen molar-refractivity contribution in [1.82, 2.24) is 4.90 Å². The van der Waals surface area contributed by atoms with Crippen LogP contribution in [0.5, 0.6) is 5.75 Å². The van der Waals surface area contributed by atoms with E-state index in [0.29, 0.717) is 12.6 Å². The minimum atomic E-state index is 0.276. The van der Waals surface area contributed by atoms with E-state index < -0.39 is 0 Å². The molecule has 106 valence electrons. The molecule has 1 N–H and O–H groups in total. The zero-order chi connectivity index (χ0) is 13.7. The second kappa shape index (κ2) is 6.78. The highest BCUT2D eigenvalue weighted by molar-refractivity contribution is 5.49. The maximum Gasteiger partial charge on any atom is 0.121 e. The highest BCUT2D eigenvalue weighted by atomic mass is 16.5. The van der Waals surface area contributed by atoms with Gasteiger partial charge in [-0.2, -0.15) is 0 Å². The van der Waals surface area contributed by atoms with Crippen molar-refractivity contribution in [1.29, 1.82) is 0 Å². The first kappa shape index (κ1) is 14.2. The molecule has 0 spiro atoms. The summed E-state index contributed by atoms with van der Waals surface area (Å²) in [6.07, 6.45) is 1.34. The number of nitrogens with one attached hydrogen (secondary N) is 1. The number of rotatable bonds is 6. The fraction of sp³-hybridized carbons (Fsp3) is 0.600. The summed E-state index contributed by atoms with van der Waals surface area (Å²) in [4.78, 5) is 2.11. The van der Waals surface area contributed by atoms with Crippen LogP contribution in [0.15, 0.2) is 24.3 Å². The highest BCUT2D eigenvalue weighted by Gasteiger charge is 2.23. The number of likely N-dealkylation sites (N-methyl/N-ethyl adjacent to an activating group) is 1. The molecule has 2 unspecified atom stereocenters. The fourth-order valence-electron chi connectivity index (χ4n) is 2.16. The van der Waals surface area contributed by atoms with Gasteiger partial charge < -0.3 is 19.7 Å². The Morgan fingerprint density at radius 1 is 1.42 bits per heavy atom. The van der Waals surface area contributed by atoms with E-state index in [1.165, 1.54) is 0 Å². The van der Waals surface area contributed by atoms with Crippen LogP contribution in [0.4, 0.5) is 5.69 Å². The Labute approximate surface area is 115 Å². The smallest absolute Gasteiger partial charge is 0.121 e. The molecule has 19 heavy (non-hydrogen) atoms. The van der Waals surface area contributed by atoms with Crippen LogP contribution in [0.3, 0.4) is 0 Å². The Morgan fingerprint density at radius 2 is 2.26 bits per heavy atom. The molecule has 0 amide bonds. The summed E-state index contributed by atoms with van der Waals surface area (Å²) in [5.74, 6) is 0.915. The topological polar surface area (TPSA) is 33.7 Å². The van der Waals surface area contributed by atoms with Crippen molar-refractivity contribution in [2.24, 2.45) is 0 Å². The van der Waals surface area contributed by atoms with Crippen LogP contribution in [-0.2, 0) is 4.74 Å². The molecule has 2 rings (SSSR count). The lowest BCUT2D eigenvalue weighted by atomic mass is 10.1. The average Bonchev–Trinajstić information content (AvgIpc) is 2.75. The van der Waals surface area contributed by atoms with E-state index in [1.807, 2.05) is 26.2 Å². The quantitative estimate of drug-likeness (QED) is 0.854. The van der Waals surface area contributed by atoms with Crippen molar-refractivity contribution in [3.63, 3.8) is 0 Å². The lowest BCUT2D eigenvalue weighted by Gasteiger charge is -2.18. The van der Waals surface area contributed by atoms with Gasteiger partial charge in [-0.3, -0.25) is 0 Å². The highest BCUT2D eigenvalue weighted by Crippen LogP contribution is 2.22. The van der Waals surface area contributed by atoms with Crippen LogP contribution in [0.25, 0.3) is 0 Å². The molecule has 2 atom stereocenters. The molecule has 1 saturated heterocycles. The first-order chi connectivity index (χ1) is 9.15. The van der Waals surface area contributed by atoms with Gasteiger partial charge in [-0.25, -0.2) is 0 Å². The summed E-state index contributed by atoms with van der Waals surface area (Å²) < 4.78 is 11.3. The van der Waals surface area contributed by atoms with Gasteiger partial charge in [0.05, 0.1) is 12.1 Å². The van der Waals surface area contributed by atoms with Gasteiger partial charge in [-0.1, -0.05) is 6.07 Å². The number of benzene rings is 1. The molecule has 0 aromatic heterocycles. The molecule has 0 bridgehead atoms. The fourth-order valence-corrected chi connectivity index (χ4v) is 2.16. The zero-order valence-electron chi connectivity index (χ0n) is 12.1. The van der Waals surface area contributed by atoms with E-state index in [-0.39, 0.29) is 6.10 Å². The van der Waals surface area contributed by atoms with Gasteiger partial charge in [0.25, 0.3) is 0 Å². The first-order valence-electron chi connectivity index (χ1n) is 6.91. The summed E-state index contributed by atoms with van der Waals surface area (Å²) >= 11 is 0. The normalized spacial score (nSPS) is 22.7. The lowest BCUT2D eigenvalue weighted by molar-refractivity contribution is 0.121. The number of ether oxygens (including phenoxy) is 2. The van der Waals surface area contributed by atoms with Crippen LogP contribution in [0.1, 0.15) is 13.3 Å². The van der Waals surface area contributed by atoms with Gasteiger partial charge >= 0.3 is 0 Å². The third kappa shape index (κ3) is 4.40. The van der Waals surface area contributed by atoms with Crippen molar-refractivity contribution >= 4 is 5.69 Å². The lowest BCUT2D eigenvalue weighted by Crippen LogP contribution is -2.26. The number of hydrogen-bond acceptors (Lipinski definition) is 4. The summed E-state index contributed by atoms with van der Waals surface area (Å²) in [6, 6.07) is 8.55. The Kier molecular flexibility index (Phi) is 5.05. The third-order valence-electron chi connectivity index (χ3n) is 3.37. The van der Waals surface area contributed by atoms with Crippen molar-refractivity contribution in [2.45, 2.75) is 25.5 Å². The summed E-state index contributed by atoms with van der Waals surface area (Å²) in [5, 5.41) is 3.51. The molecule has 1 fully saturated rings. The van der Waals surface area contributed by atoms with E-state index in [4.69, 9.17) is 9.47 Å². The SMILES string of the molecule is CC1OCCC1Nc1cccc(OCCN(C)C)c1. The standard InChI is InChI=1S/C15H24N2O2/c1-12-15(7-9-18-12)16-13-5-4-6-14(11-13)19-10-8-17(2)3/h4-6,11-12,15-16H,7-10H2,1-3H3. The van der Waals surface area contributed by atoms with E-state index in [1.54, 1.807) is 0 Å². The van der Waals surface area contributed by atoms with Crippen molar-refractivity contribution in [3.05, 3.63) is 24.3 Å². The van der Waals surface area contributed by atoms with Gasteiger partial charge in [-0.15, -0.1) is 0 Å². The molecular formula is C15H24N2O2. The molecule has 1 aliphatic heterocycles. The summed E-state index contributed by atoms with van der Waals surface area (Å²) in [5.41, 5.74) is 1.10. The second-order valence-electron chi connectivity index (χ2n) is 5.29. The van der Waals surface area contributed by atoms with E-state index in [0.717, 1.165) is 31.0 Å². The first-order valence-corrected chi connectivity index (χ1v) is 6.91. The van der Waals surface area contributed by atoms with Gasteiger partial charge in [-0.05, 0) is 39.6 Å². The van der Waals surface area contributed by atoms with Crippen LogP contribution < -0.4 is 10.1 Å². The molecule has 1 aromatic rings. The summed E-state index contributed by atoms with van der Waals surface area (Å²) in [6.45, 7) is 4.59. The minimum absolute atomic E-state index is 0.276. The maximum absolute atomic E-state index is 5.74. The Morgan fingerprint density at radius 3 is 2.95 bits per heavy atom. The van der Waals surface area contributed by atoms with Gasteiger partial charge in [0.15, 0.2) is 0 Å². The monoisotopic (exact) mass is 264 g/mol. The van der Waals surface area contributed by atoms with Crippen LogP contribution in [0.2, 0.25) is 0 Å². The number of nitrogens with zero attached hydrogens (tertiary/aromatic N) is 1. The molecule has 0 aliphatic carbocycles. The average molecular weight is 264 g/mol. The zero-order valence-corrected chi connectivity index (χ0v) is 12.1. The molecule has 0 saturated carbocycles. The van der Waals surface area contributed by atoms with Gasteiger partial charge in [0.1, 0.15) is 12.4 Å². The van der Waals surface area contributed by atoms with E-state index >= 15 is 0 Å². The van der Waals surface area contributed by atoms with Crippen molar-refractivity contribution < 1.29 is 9.47 Å². The van der Waals surface area contributed by atoms with Crippen LogP contribution in [0, 0.1) is 0 Å². The molecule has 1 aliphatic rings. The molecule has 4 nitrogen and oxygen atoms in total. The maximum atomic E-state index is 5.74. The van der Waals surface area contributed by atoms with Gasteiger partial charge in [0.2, 0.25) is 0 Å². The Hall–Kier alpha value is -1.26. The van der Waals surface area contributed by atoms with Crippen molar-refractivity contribution in [2.75, 3.05) is 39.2 Å². The summed E-state index contributed by atoms with van der Waals surface area (Å²) in [7, 11) is 4.09. The van der Waals surface area contributed by atoms with Gasteiger partial charge in [0, 0.05) is 24.9 Å². The number of anilines is 1. The Balaban J connectivity index is 1.87. The molecule has 1 heterocycles.